The summed E-state index contributed by atoms with van der Waals surface area (Å²) in [5.74, 6) is -1.69. The van der Waals surface area contributed by atoms with Gasteiger partial charge in [0.1, 0.15) is 0 Å². The summed E-state index contributed by atoms with van der Waals surface area (Å²) in [6.45, 7) is 1.79. The molecule has 4 rings (SSSR count). The van der Waals surface area contributed by atoms with Crippen LogP contribution in [0.3, 0.4) is 0 Å². The number of aromatic nitrogens is 4. The Morgan fingerprint density at radius 1 is 1.05 bits per heavy atom. The third-order valence-corrected chi connectivity index (χ3v) is 6.69. The van der Waals surface area contributed by atoms with Gasteiger partial charge in [0.2, 0.25) is 0 Å². The second kappa shape index (κ2) is 10.4. The molecule has 0 fully saturated rings. The van der Waals surface area contributed by atoms with Crippen molar-refractivity contribution in [2.45, 2.75) is 19.6 Å². The number of tetrazole rings is 1. The fourth-order valence-electron chi connectivity index (χ4n) is 3.90. The van der Waals surface area contributed by atoms with E-state index in [1.54, 1.807) is 37.3 Å². The van der Waals surface area contributed by atoms with Crippen LogP contribution in [0.15, 0.2) is 65.5 Å². The maximum atomic E-state index is 13.1. The normalized spacial score (nSPS) is 11.4. The lowest BCUT2D eigenvalue weighted by Gasteiger charge is -2.21. The zero-order valence-corrected chi connectivity index (χ0v) is 22.1. The van der Waals surface area contributed by atoms with Crippen molar-refractivity contribution in [2.24, 2.45) is 0 Å². The highest BCUT2D eigenvalue weighted by Crippen LogP contribution is 2.29. The molecule has 1 aromatic heterocycles. The zero-order chi connectivity index (χ0) is 27.8. The van der Waals surface area contributed by atoms with Gasteiger partial charge in [-0.3, -0.25) is 4.79 Å². The molecule has 0 saturated carbocycles. The number of rotatable bonds is 6. The molecular formula is C25H19F3IN5O4. The predicted octanol–water partition coefficient (Wildman–Crippen LogP) is 4.38. The number of anilines is 1. The van der Waals surface area contributed by atoms with Gasteiger partial charge in [-0.15, -0.1) is 0 Å². The highest BCUT2D eigenvalue weighted by atomic mass is 127. The van der Waals surface area contributed by atoms with E-state index in [0.29, 0.717) is 20.4 Å². The summed E-state index contributed by atoms with van der Waals surface area (Å²) in [6, 6.07) is 13.8. The first-order valence-electron chi connectivity index (χ1n) is 11.0. The topological polar surface area (TPSA) is 110 Å². The van der Waals surface area contributed by atoms with E-state index in [0.717, 1.165) is 33.6 Å². The van der Waals surface area contributed by atoms with E-state index in [4.69, 9.17) is 0 Å². The van der Waals surface area contributed by atoms with Crippen molar-refractivity contribution in [3.05, 3.63) is 103 Å². The summed E-state index contributed by atoms with van der Waals surface area (Å²) >= 11 is 1.87. The Morgan fingerprint density at radius 3 is 2.34 bits per heavy atom. The lowest BCUT2D eigenvalue weighted by Crippen LogP contribution is -2.29. The monoisotopic (exact) mass is 637 g/mol. The first kappa shape index (κ1) is 27.0. The van der Waals surface area contributed by atoms with Crippen LogP contribution in [0.1, 0.15) is 37.4 Å². The van der Waals surface area contributed by atoms with E-state index < -0.39 is 29.3 Å². The number of carbonyl (C=O) groups is 2. The van der Waals surface area contributed by atoms with Crippen molar-refractivity contribution in [2.75, 3.05) is 11.9 Å². The Kier molecular flexibility index (Phi) is 7.40. The van der Waals surface area contributed by atoms with Gasteiger partial charge in [0.25, 0.3) is 5.91 Å². The number of aromatic carboxylic acids is 1. The minimum Gasteiger partial charge on any atom is -0.478 e. The minimum atomic E-state index is -4.50. The van der Waals surface area contributed by atoms with E-state index in [1.807, 2.05) is 22.6 Å². The molecule has 1 N–H and O–H groups in total. The van der Waals surface area contributed by atoms with E-state index in [9.17, 15) is 32.7 Å². The van der Waals surface area contributed by atoms with Gasteiger partial charge >= 0.3 is 17.8 Å². The van der Waals surface area contributed by atoms with E-state index >= 15 is 0 Å². The van der Waals surface area contributed by atoms with Gasteiger partial charge in [-0.2, -0.15) is 22.5 Å². The highest BCUT2D eigenvalue weighted by molar-refractivity contribution is 14.1. The summed E-state index contributed by atoms with van der Waals surface area (Å²) < 4.78 is 40.8. The lowest BCUT2D eigenvalue weighted by molar-refractivity contribution is -0.137. The molecule has 38 heavy (non-hydrogen) atoms. The van der Waals surface area contributed by atoms with Gasteiger partial charge in [0, 0.05) is 16.3 Å². The Morgan fingerprint density at radius 2 is 1.74 bits per heavy atom. The molecule has 0 aliphatic rings. The number of halogens is 4. The third-order valence-electron chi connectivity index (χ3n) is 5.80. The number of alkyl halides is 3. The quantitative estimate of drug-likeness (QED) is 0.315. The van der Waals surface area contributed by atoms with Crippen molar-refractivity contribution in [3.8, 4) is 5.69 Å². The molecule has 0 aliphatic heterocycles. The molecule has 3 aromatic carbocycles. The van der Waals surface area contributed by atoms with Crippen molar-refractivity contribution < 1.29 is 27.9 Å². The Balaban J connectivity index is 1.56. The Labute approximate surface area is 227 Å². The maximum Gasteiger partial charge on any atom is 0.416 e. The summed E-state index contributed by atoms with van der Waals surface area (Å²) in [7, 11) is 1.54. The molecule has 0 radical (unpaired) electrons. The van der Waals surface area contributed by atoms with Gasteiger partial charge in [-0.25, -0.2) is 9.59 Å². The molecular weight excluding hydrogens is 618 g/mol. The molecule has 0 saturated heterocycles. The number of aryl methyl sites for hydroxylation is 1. The van der Waals surface area contributed by atoms with Crippen LogP contribution in [-0.4, -0.2) is 43.8 Å². The number of benzene rings is 3. The number of hydrogen-bond donors (Lipinski definition) is 1. The van der Waals surface area contributed by atoms with Gasteiger partial charge in [-0.05, 0) is 93.5 Å². The third kappa shape index (κ3) is 5.32. The molecule has 0 spiro atoms. The van der Waals surface area contributed by atoms with Crippen molar-refractivity contribution >= 4 is 40.2 Å². The zero-order valence-electron chi connectivity index (χ0n) is 19.9. The molecule has 13 heteroatoms. The fourth-order valence-corrected chi connectivity index (χ4v) is 4.63. The molecule has 1 amide bonds. The standard InChI is InChI=1S/C25H19F3IN5O4/c1-14-12-15(6-11-20(14)32(2)22(35)18-4-3-5-19(29)21(18)23(36)37)13-33-24(38)34(31-30-33)17-9-7-16(8-10-17)25(26,27)28/h3-12H,13H2,1-2H3,(H,36,37). The molecule has 1 heterocycles. The average Bonchev–Trinajstić information content (AvgIpc) is 3.22. The molecule has 196 valence electrons. The van der Waals surface area contributed by atoms with E-state index in [2.05, 4.69) is 10.4 Å². The van der Waals surface area contributed by atoms with Crippen molar-refractivity contribution in [3.63, 3.8) is 0 Å². The number of carbonyl (C=O) groups excluding carboxylic acids is 1. The second-order valence-electron chi connectivity index (χ2n) is 8.33. The summed E-state index contributed by atoms with van der Waals surface area (Å²) in [4.78, 5) is 38.9. The largest absolute Gasteiger partial charge is 0.478 e. The molecule has 4 aromatic rings. The van der Waals surface area contributed by atoms with E-state index in [-0.39, 0.29) is 23.4 Å². The predicted molar refractivity (Wildman–Crippen MR) is 140 cm³/mol. The molecule has 0 atom stereocenters. The van der Waals surface area contributed by atoms with Crippen LogP contribution in [0.2, 0.25) is 0 Å². The van der Waals surface area contributed by atoms with Crippen LogP contribution in [0, 0.1) is 10.5 Å². The van der Waals surface area contributed by atoms with Gasteiger partial charge in [0.15, 0.2) is 0 Å². The summed E-state index contributed by atoms with van der Waals surface area (Å²) in [6.07, 6.45) is -4.50. The van der Waals surface area contributed by atoms with Gasteiger partial charge in [0.05, 0.1) is 28.9 Å². The lowest BCUT2D eigenvalue weighted by atomic mass is 10.0. The average molecular weight is 637 g/mol. The Bertz CT molecular complexity index is 1600. The van der Waals surface area contributed by atoms with Crippen LogP contribution in [0.5, 0.6) is 0 Å². The van der Waals surface area contributed by atoms with Crippen LogP contribution >= 0.6 is 22.6 Å². The SMILES string of the molecule is Cc1cc(Cn2nnn(-c3ccc(C(F)(F)F)cc3)c2=O)ccc1N(C)C(=O)c1cccc(I)c1C(=O)O. The van der Waals surface area contributed by atoms with Crippen molar-refractivity contribution in [1.29, 1.82) is 0 Å². The van der Waals surface area contributed by atoms with Crippen LogP contribution in [0.25, 0.3) is 5.69 Å². The highest BCUT2D eigenvalue weighted by Gasteiger charge is 2.30. The first-order valence-corrected chi connectivity index (χ1v) is 12.1. The van der Waals surface area contributed by atoms with Gasteiger partial charge in [-0.1, -0.05) is 18.2 Å². The maximum absolute atomic E-state index is 13.1. The van der Waals surface area contributed by atoms with E-state index in [1.165, 1.54) is 18.0 Å². The molecule has 0 unspecified atom stereocenters. The number of amides is 1. The number of hydrogen-bond acceptors (Lipinski definition) is 5. The van der Waals surface area contributed by atoms with Crippen LogP contribution in [0.4, 0.5) is 18.9 Å². The molecule has 0 bridgehead atoms. The summed E-state index contributed by atoms with van der Waals surface area (Å²) in [5, 5.41) is 17.1. The number of nitrogens with zero attached hydrogens (tertiary/aromatic N) is 5. The second-order valence-corrected chi connectivity index (χ2v) is 9.49. The minimum absolute atomic E-state index is 0.0261. The summed E-state index contributed by atoms with van der Waals surface area (Å²) in [5.41, 5.74) is 0.516. The Hall–Kier alpha value is -4.01. The number of carboxylic acids is 1. The smallest absolute Gasteiger partial charge is 0.416 e. The van der Waals surface area contributed by atoms with Crippen LogP contribution < -0.4 is 10.6 Å². The molecule has 9 nitrogen and oxygen atoms in total. The number of carboxylic acid groups (broad SMARTS) is 1. The van der Waals surface area contributed by atoms with Crippen molar-refractivity contribution in [1.82, 2.24) is 19.8 Å². The van der Waals surface area contributed by atoms with Crippen LogP contribution in [-0.2, 0) is 12.7 Å². The fraction of sp³-hybridized carbons (Fsp3) is 0.160. The first-order chi connectivity index (χ1) is 17.9. The molecule has 0 aliphatic carbocycles. The van der Waals surface area contributed by atoms with Gasteiger partial charge < -0.3 is 10.0 Å².